The summed E-state index contributed by atoms with van der Waals surface area (Å²) in [7, 11) is 0. The average molecular weight is 291 g/mol. The van der Waals surface area contributed by atoms with Crippen LogP contribution in [-0.2, 0) is 10.2 Å². The number of nitrogens with one attached hydrogen (secondary N) is 1. The van der Waals surface area contributed by atoms with Crippen molar-refractivity contribution in [2.45, 2.75) is 44.4 Å². The minimum Gasteiger partial charge on any atom is -0.381 e. The molecule has 0 amide bonds. The fourth-order valence-corrected chi connectivity index (χ4v) is 4.35. The second kappa shape index (κ2) is 6.05. The van der Waals surface area contributed by atoms with Crippen molar-refractivity contribution in [2.75, 3.05) is 26.3 Å². The molecule has 2 aliphatic rings. The van der Waals surface area contributed by atoms with Crippen molar-refractivity contribution in [2.24, 2.45) is 5.41 Å². The highest BCUT2D eigenvalue weighted by Crippen LogP contribution is 2.60. The first-order chi connectivity index (χ1) is 10.2. The molecule has 3 rings (SSSR count). The van der Waals surface area contributed by atoms with Crippen LogP contribution < -0.4 is 5.32 Å². The standard InChI is InChI=1S/C18H26FNO/c1-2-9-20-14-18(15-5-3-4-6-16(15)19)12-17(13-18)7-10-21-11-8-17/h3-6,20H,2,7-14H2,1H3. The summed E-state index contributed by atoms with van der Waals surface area (Å²) >= 11 is 0. The molecule has 2 nitrogen and oxygen atoms in total. The van der Waals surface area contributed by atoms with Crippen LogP contribution in [0.3, 0.4) is 0 Å². The van der Waals surface area contributed by atoms with Gasteiger partial charge in [0, 0.05) is 25.2 Å². The lowest BCUT2D eigenvalue weighted by Gasteiger charge is -2.58. The lowest BCUT2D eigenvalue weighted by atomic mass is 9.48. The first-order valence-electron chi connectivity index (χ1n) is 8.23. The predicted molar refractivity (Wildman–Crippen MR) is 83.0 cm³/mol. The van der Waals surface area contributed by atoms with Crippen LogP contribution in [0.25, 0.3) is 0 Å². The molecule has 1 saturated carbocycles. The minimum absolute atomic E-state index is 0.0160. The summed E-state index contributed by atoms with van der Waals surface area (Å²) < 4.78 is 19.8. The van der Waals surface area contributed by atoms with E-state index in [2.05, 4.69) is 12.2 Å². The molecule has 0 bridgehead atoms. The third-order valence-corrected chi connectivity index (χ3v) is 5.32. The molecule has 2 fully saturated rings. The molecule has 0 aromatic heterocycles. The Morgan fingerprint density at radius 3 is 2.57 bits per heavy atom. The quantitative estimate of drug-likeness (QED) is 0.836. The number of hydrogen-bond donors (Lipinski definition) is 1. The van der Waals surface area contributed by atoms with E-state index in [1.54, 1.807) is 12.1 Å². The molecule has 0 atom stereocenters. The van der Waals surface area contributed by atoms with Crippen molar-refractivity contribution < 1.29 is 9.13 Å². The van der Waals surface area contributed by atoms with E-state index in [1.807, 2.05) is 12.1 Å². The van der Waals surface area contributed by atoms with E-state index in [0.29, 0.717) is 5.41 Å². The Hall–Kier alpha value is -0.930. The first kappa shape index (κ1) is 15.0. The van der Waals surface area contributed by atoms with Crippen LogP contribution in [0.15, 0.2) is 24.3 Å². The van der Waals surface area contributed by atoms with Gasteiger partial charge in [-0.2, -0.15) is 0 Å². The monoisotopic (exact) mass is 291 g/mol. The molecule has 1 aliphatic heterocycles. The van der Waals surface area contributed by atoms with Gasteiger partial charge in [0.05, 0.1) is 0 Å². The van der Waals surface area contributed by atoms with E-state index in [1.165, 1.54) is 0 Å². The highest BCUT2D eigenvalue weighted by Gasteiger charge is 2.55. The lowest BCUT2D eigenvalue weighted by Crippen LogP contribution is -2.56. The van der Waals surface area contributed by atoms with Crippen molar-refractivity contribution in [1.82, 2.24) is 5.32 Å². The summed E-state index contributed by atoms with van der Waals surface area (Å²) in [6.07, 6.45) is 5.59. The van der Waals surface area contributed by atoms with Gasteiger partial charge in [0.1, 0.15) is 5.82 Å². The van der Waals surface area contributed by atoms with Crippen LogP contribution in [0.2, 0.25) is 0 Å². The minimum atomic E-state index is -0.0438. The van der Waals surface area contributed by atoms with Gasteiger partial charge >= 0.3 is 0 Å². The smallest absolute Gasteiger partial charge is 0.127 e. The van der Waals surface area contributed by atoms with Gasteiger partial charge in [-0.3, -0.25) is 0 Å². The number of halogens is 1. The molecule has 1 spiro atoms. The Balaban J connectivity index is 1.79. The summed E-state index contributed by atoms with van der Waals surface area (Å²) in [5.74, 6) is -0.0438. The molecule has 1 aromatic carbocycles. The molecule has 1 N–H and O–H groups in total. The Labute approximate surface area is 127 Å². The summed E-state index contributed by atoms with van der Waals surface area (Å²) in [5, 5.41) is 3.53. The molecule has 1 aliphatic carbocycles. The van der Waals surface area contributed by atoms with Gasteiger partial charge in [-0.1, -0.05) is 25.1 Å². The third-order valence-electron chi connectivity index (χ3n) is 5.32. The summed E-state index contributed by atoms with van der Waals surface area (Å²) in [6, 6.07) is 7.34. The van der Waals surface area contributed by atoms with Gasteiger partial charge in [-0.05, 0) is 55.7 Å². The van der Waals surface area contributed by atoms with Gasteiger partial charge < -0.3 is 10.1 Å². The fraction of sp³-hybridized carbons (Fsp3) is 0.667. The van der Waals surface area contributed by atoms with Crippen LogP contribution >= 0.6 is 0 Å². The second-order valence-corrected chi connectivity index (χ2v) is 6.90. The molecule has 1 saturated heterocycles. The molecule has 0 radical (unpaired) electrons. The fourth-order valence-electron chi connectivity index (χ4n) is 4.35. The second-order valence-electron chi connectivity index (χ2n) is 6.90. The molecule has 0 unspecified atom stereocenters. The number of benzene rings is 1. The summed E-state index contributed by atoms with van der Waals surface area (Å²) in [5.41, 5.74) is 1.29. The van der Waals surface area contributed by atoms with E-state index < -0.39 is 0 Å². The third kappa shape index (κ3) is 2.86. The summed E-state index contributed by atoms with van der Waals surface area (Å²) in [6.45, 7) is 5.81. The van der Waals surface area contributed by atoms with Gasteiger partial charge in [0.15, 0.2) is 0 Å². The number of ether oxygens (including phenoxy) is 1. The van der Waals surface area contributed by atoms with Gasteiger partial charge in [0.2, 0.25) is 0 Å². The molecular formula is C18H26FNO. The Kier molecular flexibility index (Phi) is 4.32. The van der Waals surface area contributed by atoms with Crippen molar-refractivity contribution in [3.05, 3.63) is 35.6 Å². The van der Waals surface area contributed by atoms with E-state index in [4.69, 9.17) is 4.74 Å². The molecule has 3 heteroatoms. The zero-order chi connectivity index (χ0) is 14.8. The Bertz CT molecular complexity index is 474. The van der Waals surface area contributed by atoms with Gasteiger partial charge in [-0.15, -0.1) is 0 Å². The van der Waals surface area contributed by atoms with Crippen molar-refractivity contribution in [3.63, 3.8) is 0 Å². The number of hydrogen-bond acceptors (Lipinski definition) is 2. The van der Waals surface area contributed by atoms with Crippen LogP contribution in [0.1, 0.15) is 44.6 Å². The van der Waals surface area contributed by atoms with E-state index in [0.717, 1.165) is 64.0 Å². The van der Waals surface area contributed by atoms with Crippen molar-refractivity contribution >= 4 is 0 Å². The summed E-state index contributed by atoms with van der Waals surface area (Å²) in [4.78, 5) is 0. The van der Waals surface area contributed by atoms with E-state index in [-0.39, 0.29) is 11.2 Å². The van der Waals surface area contributed by atoms with Gasteiger partial charge in [0.25, 0.3) is 0 Å². The average Bonchev–Trinajstić information content (AvgIpc) is 2.47. The van der Waals surface area contributed by atoms with Crippen LogP contribution in [0.5, 0.6) is 0 Å². The Morgan fingerprint density at radius 2 is 1.90 bits per heavy atom. The molecule has 116 valence electrons. The highest BCUT2D eigenvalue weighted by molar-refractivity contribution is 5.33. The first-order valence-corrected chi connectivity index (χ1v) is 8.23. The van der Waals surface area contributed by atoms with E-state index in [9.17, 15) is 4.39 Å². The highest BCUT2D eigenvalue weighted by atomic mass is 19.1. The molecular weight excluding hydrogens is 265 g/mol. The maximum Gasteiger partial charge on any atom is 0.127 e. The maximum atomic E-state index is 14.3. The lowest BCUT2D eigenvalue weighted by molar-refractivity contribution is -0.0745. The van der Waals surface area contributed by atoms with Crippen LogP contribution in [0.4, 0.5) is 4.39 Å². The Morgan fingerprint density at radius 1 is 1.19 bits per heavy atom. The largest absolute Gasteiger partial charge is 0.381 e. The maximum absolute atomic E-state index is 14.3. The van der Waals surface area contributed by atoms with Crippen molar-refractivity contribution in [3.8, 4) is 0 Å². The van der Waals surface area contributed by atoms with E-state index >= 15 is 0 Å². The van der Waals surface area contributed by atoms with Crippen LogP contribution in [-0.4, -0.2) is 26.3 Å². The topological polar surface area (TPSA) is 21.3 Å². The zero-order valence-electron chi connectivity index (χ0n) is 13.0. The SMILES string of the molecule is CCCNCC1(c2ccccc2F)CC2(CCOCC2)C1. The van der Waals surface area contributed by atoms with Crippen LogP contribution in [0, 0.1) is 11.2 Å². The normalized spacial score (nSPS) is 23.0. The predicted octanol–water partition coefficient (Wildman–Crippen LogP) is 3.65. The number of rotatable bonds is 5. The molecule has 1 aromatic rings. The van der Waals surface area contributed by atoms with Gasteiger partial charge in [-0.25, -0.2) is 4.39 Å². The molecule has 1 heterocycles. The zero-order valence-corrected chi connectivity index (χ0v) is 13.0. The molecule has 21 heavy (non-hydrogen) atoms. The van der Waals surface area contributed by atoms with Crippen molar-refractivity contribution in [1.29, 1.82) is 0 Å².